The number of rotatable bonds is 8. The Bertz CT molecular complexity index is 396. The van der Waals surface area contributed by atoms with Crippen LogP contribution in [-0.2, 0) is 0 Å². The number of nitrogens with one attached hydrogen (secondary N) is 1. The van der Waals surface area contributed by atoms with Crippen LogP contribution in [0.15, 0.2) is 12.1 Å². The van der Waals surface area contributed by atoms with Crippen molar-refractivity contribution in [2.45, 2.75) is 52.0 Å². The smallest absolute Gasteiger partial charge is 0.148 e. The standard InChI is InChI=1S/C15H25FN2O/c1-4-5-6-7-8-11(2)18-14-10-15(19-3)13(17)9-12(14)16/h9-11,18H,4-8,17H2,1-3H3. The number of methoxy groups -OCH3 is 1. The number of hydrogen-bond acceptors (Lipinski definition) is 3. The average Bonchev–Trinajstić information content (AvgIpc) is 2.38. The SMILES string of the molecule is CCCCCCC(C)Nc1cc(OC)c(N)cc1F. The van der Waals surface area contributed by atoms with Gasteiger partial charge in [-0.1, -0.05) is 32.6 Å². The van der Waals surface area contributed by atoms with E-state index in [1.165, 1.54) is 32.4 Å². The maximum absolute atomic E-state index is 13.8. The second kappa shape index (κ2) is 7.87. The fraction of sp³-hybridized carbons (Fsp3) is 0.600. The zero-order valence-electron chi connectivity index (χ0n) is 12.1. The van der Waals surface area contributed by atoms with Crippen LogP contribution in [0, 0.1) is 5.82 Å². The molecule has 1 unspecified atom stereocenters. The minimum absolute atomic E-state index is 0.236. The van der Waals surface area contributed by atoms with Crippen molar-refractivity contribution in [1.82, 2.24) is 0 Å². The summed E-state index contributed by atoms with van der Waals surface area (Å²) >= 11 is 0. The van der Waals surface area contributed by atoms with Gasteiger partial charge in [-0.25, -0.2) is 4.39 Å². The van der Waals surface area contributed by atoms with Crippen LogP contribution in [0.2, 0.25) is 0 Å². The van der Waals surface area contributed by atoms with Crippen molar-refractivity contribution in [3.8, 4) is 5.75 Å². The highest BCUT2D eigenvalue weighted by Crippen LogP contribution is 2.28. The van der Waals surface area contributed by atoms with E-state index in [4.69, 9.17) is 10.5 Å². The quantitative estimate of drug-likeness (QED) is 0.549. The summed E-state index contributed by atoms with van der Waals surface area (Å²) in [5.74, 6) is 0.167. The van der Waals surface area contributed by atoms with Crippen molar-refractivity contribution >= 4 is 11.4 Å². The number of anilines is 2. The highest BCUT2D eigenvalue weighted by molar-refractivity contribution is 5.62. The predicted molar refractivity (Wildman–Crippen MR) is 79.2 cm³/mol. The Hall–Kier alpha value is -1.45. The Labute approximate surface area is 115 Å². The molecule has 1 aromatic carbocycles. The first-order valence-corrected chi connectivity index (χ1v) is 6.98. The molecule has 0 saturated carbocycles. The predicted octanol–water partition coefficient (Wildman–Crippen LogP) is 4.19. The molecule has 19 heavy (non-hydrogen) atoms. The minimum Gasteiger partial charge on any atom is -0.495 e. The van der Waals surface area contributed by atoms with Gasteiger partial charge in [0.1, 0.15) is 11.6 Å². The third-order valence-corrected chi connectivity index (χ3v) is 3.21. The second-order valence-corrected chi connectivity index (χ2v) is 4.97. The summed E-state index contributed by atoms with van der Waals surface area (Å²) in [6.45, 7) is 4.26. The summed E-state index contributed by atoms with van der Waals surface area (Å²) in [5, 5.41) is 3.18. The van der Waals surface area contributed by atoms with Gasteiger partial charge in [0.25, 0.3) is 0 Å². The van der Waals surface area contributed by atoms with Crippen molar-refractivity contribution in [2.75, 3.05) is 18.2 Å². The molecule has 0 aliphatic heterocycles. The summed E-state index contributed by atoms with van der Waals surface area (Å²) in [5.41, 5.74) is 6.43. The maximum Gasteiger partial charge on any atom is 0.148 e. The summed E-state index contributed by atoms with van der Waals surface area (Å²) in [6.07, 6.45) is 5.92. The minimum atomic E-state index is -0.335. The number of ether oxygens (including phenoxy) is 1. The lowest BCUT2D eigenvalue weighted by molar-refractivity contribution is 0.416. The van der Waals surface area contributed by atoms with Crippen LogP contribution in [0.4, 0.5) is 15.8 Å². The van der Waals surface area contributed by atoms with Gasteiger partial charge in [0.05, 0.1) is 18.5 Å². The van der Waals surface area contributed by atoms with Gasteiger partial charge < -0.3 is 15.8 Å². The van der Waals surface area contributed by atoms with E-state index in [-0.39, 0.29) is 11.9 Å². The molecular weight excluding hydrogens is 243 g/mol. The van der Waals surface area contributed by atoms with E-state index in [1.54, 1.807) is 6.07 Å². The average molecular weight is 268 g/mol. The molecular formula is C15H25FN2O. The van der Waals surface area contributed by atoms with Gasteiger partial charge in [-0.15, -0.1) is 0 Å². The molecule has 108 valence electrons. The first-order valence-electron chi connectivity index (χ1n) is 6.98. The zero-order valence-corrected chi connectivity index (χ0v) is 12.1. The van der Waals surface area contributed by atoms with E-state index < -0.39 is 0 Å². The Morgan fingerprint density at radius 3 is 2.68 bits per heavy atom. The molecule has 0 saturated heterocycles. The van der Waals surface area contributed by atoms with Crippen LogP contribution in [0.3, 0.4) is 0 Å². The molecule has 0 heterocycles. The van der Waals surface area contributed by atoms with Gasteiger partial charge in [0.2, 0.25) is 0 Å². The fourth-order valence-electron chi connectivity index (χ4n) is 2.07. The number of nitrogens with two attached hydrogens (primary N) is 1. The van der Waals surface area contributed by atoms with Gasteiger partial charge in [-0.2, -0.15) is 0 Å². The highest BCUT2D eigenvalue weighted by Gasteiger charge is 2.10. The molecule has 3 nitrogen and oxygen atoms in total. The molecule has 1 aromatic rings. The molecule has 0 radical (unpaired) electrons. The van der Waals surface area contributed by atoms with Gasteiger partial charge in [0.15, 0.2) is 0 Å². The molecule has 0 aliphatic rings. The Kier molecular flexibility index (Phi) is 6.46. The number of hydrogen-bond donors (Lipinski definition) is 2. The molecule has 0 spiro atoms. The first kappa shape index (κ1) is 15.6. The van der Waals surface area contributed by atoms with Crippen LogP contribution in [0.25, 0.3) is 0 Å². The maximum atomic E-state index is 13.8. The van der Waals surface area contributed by atoms with Crippen LogP contribution < -0.4 is 15.8 Å². The van der Waals surface area contributed by atoms with Crippen LogP contribution in [0.5, 0.6) is 5.75 Å². The lowest BCUT2D eigenvalue weighted by Gasteiger charge is -2.17. The van der Waals surface area contributed by atoms with Gasteiger partial charge in [0, 0.05) is 18.2 Å². The van der Waals surface area contributed by atoms with Crippen LogP contribution in [0.1, 0.15) is 46.0 Å². The Morgan fingerprint density at radius 1 is 1.32 bits per heavy atom. The van der Waals surface area contributed by atoms with Crippen molar-refractivity contribution in [1.29, 1.82) is 0 Å². The Balaban J connectivity index is 2.56. The number of benzene rings is 1. The lowest BCUT2D eigenvalue weighted by Crippen LogP contribution is -2.16. The summed E-state index contributed by atoms with van der Waals surface area (Å²) in [7, 11) is 1.53. The van der Waals surface area contributed by atoms with E-state index in [1.807, 2.05) is 0 Å². The molecule has 0 amide bonds. The van der Waals surface area contributed by atoms with E-state index >= 15 is 0 Å². The molecule has 0 aromatic heterocycles. The molecule has 3 N–H and O–H groups in total. The zero-order chi connectivity index (χ0) is 14.3. The molecule has 0 fully saturated rings. The topological polar surface area (TPSA) is 47.3 Å². The van der Waals surface area contributed by atoms with Crippen LogP contribution >= 0.6 is 0 Å². The van der Waals surface area contributed by atoms with E-state index in [2.05, 4.69) is 19.2 Å². The van der Waals surface area contributed by atoms with Crippen LogP contribution in [-0.4, -0.2) is 13.2 Å². The molecule has 4 heteroatoms. The first-order chi connectivity index (χ1) is 9.08. The van der Waals surface area contributed by atoms with Crippen molar-refractivity contribution in [2.24, 2.45) is 0 Å². The fourth-order valence-corrected chi connectivity index (χ4v) is 2.07. The van der Waals surface area contributed by atoms with E-state index in [0.717, 1.165) is 12.8 Å². The van der Waals surface area contributed by atoms with Crippen molar-refractivity contribution in [3.05, 3.63) is 17.9 Å². The van der Waals surface area contributed by atoms with E-state index in [9.17, 15) is 4.39 Å². The third kappa shape index (κ3) is 4.97. The third-order valence-electron chi connectivity index (χ3n) is 3.21. The van der Waals surface area contributed by atoms with Gasteiger partial charge >= 0.3 is 0 Å². The molecule has 1 rings (SSSR count). The number of unbranched alkanes of at least 4 members (excludes halogenated alkanes) is 3. The lowest BCUT2D eigenvalue weighted by atomic mass is 10.1. The second-order valence-electron chi connectivity index (χ2n) is 4.97. The molecule has 1 atom stereocenters. The van der Waals surface area contributed by atoms with Crippen molar-refractivity contribution in [3.63, 3.8) is 0 Å². The van der Waals surface area contributed by atoms with Gasteiger partial charge in [-0.3, -0.25) is 0 Å². The van der Waals surface area contributed by atoms with Gasteiger partial charge in [-0.05, 0) is 13.3 Å². The Morgan fingerprint density at radius 2 is 2.05 bits per heavy atom. The monoisotopic (exact) mass is 268 g/mol. The van der Waals surface area contributed by atoms with Crippen molar-refractivity contribution < 1.29 is 9.13 Å². The largest absolute Gasteiger partial charge is 0.495 e. The molecule has 0 bridgehead atoms. The molecule has 0 aliphatic carbocycles. The summed E-state index contributed by atoms with van der Waals surface area (Å²) in [6, 6.07) is 3.15. The number of halogens is 1. The normalized spacial score (nSPS) is 12.2. The number of nitrogen functional groups attached to an aromatic ring is 1. The summed E-state index contributed by atoms with van der Waals surface area (Å²) < 4.78 is 18.9. The summed E-state index contributed by atoms with van der Waals surface area (Å²) in [4.78, 5) is 0. The highest BCUT2D eigenvalue weighted by atomic mass is 19.1. The van der Waals surface area contributed by atoms with E-state index in [0.29, 0.717) is 17.1 Å².